The van der Waals surface area contributed by atoms with Crippen LogP contribution in [-0.2, 0) is 0 Å². The van der Waals surface area contributed by atoms with Gasteiger partial charge in [0.15, 0.2) is 0 Å². The van der Waals surface area contributed by atoms with E-state index in [9.17, 15) is 0 Å². The van der Waals surface area contributed by atoms with E-state index in [1.165, 1.54) is 5.56 Å². The summed E-state index contributed by atoms with van der Waals surface area (Å²) in [6, 6.07) is 12.5. The molecule has 0 aliphatic heterocycles. The van der Waals surface area contributed by atoms with E-state index in [1.807, 2.05) is 52.2 Å². The van der Waals surface area contributed by atoms with Gasteiger partial charge in [-0.2, -0.15) is 0 Å². The quantitative estimate of drug-likeness (QED) is 0.903. The van der Waals surface area contributed by atoms with Crippen LogP contribution < -0.4 is 10.1 Å². The molecule has 1 aromatic heterocycles. The number of rotatable bonds is 5. The van der Waals surface area contributed by atoms with Gasteiger partial charge in [-0.3, -0.25) is 4.98 Å². The maximum Gasteiger partial charge on any atom is 0.119 e. The summed E-state index contributed by atoms with van der Waals surface area (Å²) in [6.45, 7) is 6.06. The van der Waals surface area contributed by atoms with Crippen LogP contribution in [0.1, 0.15) is 36.7 Å². The zero-order valence-electron chi connectivity index (χ0n) is 12.6. The molecule has 1 atom stereocenters. The third kappa shape index (κ3) is 3.58. The van der Waals surface area contributed by atoms with Crippen molar-refractivity contribution in [2.24, 2.45) is 0 Å². The molecule has 1 unspecified atom stereocenters. The second-order valence-corrected chi connectivity index (χ2v) is 5.19. The van der Waals surface area contributed by atoms with Gasteiger partial charge in [-0.1, -0.05) is 18.2 Å². The van der Waals surface area contributed by atoms with E-state index in [-0.39, 0.29) is 12.1 Å². The van der Waals surface area contributed by atoms with Crippen molar-refractivity contribution in [3.8, 4) is 5.75 Å². The van der Waals surface area contributed by atoms with Crippen LogP contribution in [0.2, 0.25) is 0 Å². The first kappa shape index (κ1) is 14.5. The Kier molecular flexibility index (Phi) is 4.74. The smallest absolute Gasteiger partial charge is 0.119 e. The summed E-state index contributed by atoms with van der Waals surface area (Å²) >= 11 is 0. The zero-order chi connectivity index (χ0) is 14.5. The van der Waals surface area contributed by atoms with E-state index in [0.29, 0.717) is 0 Å². The van der Waals surface area contributed by atoms with Crippen LogP contribution in [0.5, 0.6) is 5.75 Å². The highest BCUT2D eigenvalue weighted by Gasteiger charge is 2.12. The molecular formula is C17H22N2O. The standard InChI is InChI=1S/C17H22N2O/c1-12(2)20-16-9-7-14(8-10-16)17(18-4)15-6-5-13(3)19-11-15/h5-12,17-18H,1-4H3. The van der Waals surface area contributed by atoms with Gasteiger partial charge in [0.1, 0.15) is 5.75 Å². The van der Waals surface area contributed by atoms with Gasteiger partial charge >= 0.3 is 0 Å². The van der Waals surface area contributed by atoms with Crippen molar-refractivity contribution in [3.63, 3.8) is 0 Å². The van der Waals surface area contributed by atoms with Crippen LogP contribution in [-0.4, -0.2) is 18.1 Å². The number of benzene rings is 1. The van der Waals surface area contributed by atoms with Crippen molar-refractivity contribution in [2.45, 2.75) is 32.9 Å². The average molecular weight is 270 g/mol. The lowest BCUT2D eigenvalue weighted by Gasteiger charge is -2.18. The summed E-state index contributed by atoms with van der Waals surface area (Å²) in [4.78, 5) is 4.37. The van der Waals surface area contributed by atoms with E-state index >= 15 is 0 Å². The second-order valence-electron chi connectivity index (χ2n) is 5.19. The first-order valence-corrected chi connectivity index (χ1v) is 6.96. The van der Waals surface area contributed by atoms with Crippen LogP contribution in [0.3, 0.4) is 0 Å². The lowest BCUT2D eigenvalue weighted by molar-refractivity contribution is 0.242. The normalized spacial score (nSPS) is 12.4. The van der Waals surface area contributed by atoms with Crippen LogP contribution in [0, 0.1) is 6.92 Å². The molecule has 1 heterocycles. The number of hydrogen-bond acceptors (Lipinski definition) is 3. The maximum absolute atomic E-state index is 5.67. The second kappa shape index (κ2) is 6.53. The van der Waals surface area contributed by atoms with Crippen LogP contribution in [0.25, 0.3) is 0 Å². The number of aryl methyl sites for hydroxylation is 1. The van der Waals surface area contributed by atoms with Crippen molar-refractivity contribution >= 4 is 0 Å². The minimum Gasteiger partial charge on any atom is -0.491 e. The molecule has 20 heavy (non-hydrogen) atoms. The zero-order valence-corrected chi connectivity index (χ0v) is 12.6. The first-order valence-electron chi connectivity index (χ1n) is 6.96. The van der Waals surface area contributed by atoms with Gasteiger partial charge in [-0.15, -0.1) is 0 Å². The van der Waals surface area contributed by atoms with Crippen molar-refractivity contribution in [1.82, 2.24) is 10.3 Å². The Balaban J connectivity index is 2.21. The number of pyridine rings is 1. The van der Waals surface area contributed by atoms with Crippen LogP contribution >= 0.6 is 0 Å². The highest BCUT2D eigenvalue weighted by molar-refractivity contribution is 5.35. The maximum atomic E-state index is 5.67. The van der Waals surface area contributed by atoms with Crippen molar-refractivity contribution in [1.29, 1.82) is 0 Å². The largest absolute Gasteiger partial charge is 0.491 e. The molecule has 0 radical (unpaired) electrons. The van der Waals surface area contributed by atoms with Crippen molar-refractivity contribution in [3.05, 3.63) is 59.4 Å². The fourth-order valence-corrected chi connectivity index (χ4v) is 2.19. The monoisotopic (exact) mass is 270 g/mol. The Bertz CT molecular complexity index is 532. The van der Waals surface area contributed by atoms with Crippen LogP contribution in [0.15, 0.2) is 42.6 Å². The summed E-state index contributed by atoms with van der Waals surface area (Å²) in [7, 11) is 1.96. The average Bonchev–Trinajstić information content (AvgIpc) is 2.43. The fourth-order valence-electron chi connectivity index (χ4n) is 2.19. The number of nitrogens with zero attached hydrogens (tertiary/aromatic N) is 1. The minimum atomic E-state index is 0.149. The van der Waals surface area contributed by atoms with Gasteiger partial charge in [0.25, 0.3) is 0 Å². The summed E-state index contributed by atoms with van der Waals surface area (Å²) < 4.78 is 5.67. The summed E-state index contributed by atoms with van der Waals surface area (Å²) in [5.74, 6) is 0.903. The Morgan fingerprint density at radius 1 is 1.00 bits per heavy atom. The number of ether oxygens (including phenoxy) is 1. The van der Waals surface area contributed by atoms with E-state index in [0.717, 1.165) is 17.0 Å². The Hall–Kier alpha value is -1.87. The predicted molar refractivity (Wildman–Crippen MR) is 82.1 cm³/mol. The molecule has 1 aromatic carbocycles. The predicted octanol–water partition coefficient (Wildman–Crippen LogP) is 3.49. The highest BCUT2D eigenvalue weighted by atomic mass is 16.5. The number of hydrogen-bond donors (Lipinski definition) is 1. The molecule has 0 bridgehead atoms. The van der Waals surface area contributed by atoms with Gasteiger partial charge in [-0.05, 0) is 57.1 Å². The van der Waals surface area contributed by atoms with Gasteiger partial charge in [0.05, 0.1) is 12.1 Å². The van der Waals surface area contributed by atoms with E-state index in [1.54, 1.807) is 0 Å². The first-order chi connectivity index (χ1) is 9.60. The Labute approximate surface area is 121 Å². The van der Waals surface area contributed by atoms with E-state index in [4.69, 9.17) is 4.74 Å². The SMILES string of the molecule is CNC(c1ccc(OC(C)C)cc1)c1ccc(C)nc1. The van der Waals surface area contributed by atoms with E-state index in [2.05, 4.69) is 28.5 Å². The molecule has 3 heteroatoms. The summed E-state index contributed by atoms with van der Waals surface area (Å²) in [5, 5.41) is 3.33. The van der Waals surface area contributed by atoms with Gasteiger partial charge < -0.3 is 10.1 Å². The van der Waals surface area contributed by atoms with Gasteiger partial charge in [-0.25, -0.2) is 0 Å². The molecule has 106 valence electrons. The molecule has 2 aromatic rings. The number of nitrogens with one attached hydrogen (secondary N) is 1. The van der Waals surface area contributed by atoms with Gasteiger partial charge in [0.2, 0.25) is 0 Å². The molecule has 0 fully saturated rings. The molecule has 1 N–H and O–H groups in total. The van der Waals surface area contributed by atoms with Gasteiger partial charge in [0, 0.05) is 11.9 Å². The molecule has 0 aliphatic rings. The molecule has 0 saturated carbocycles. The summed E-state index contributed by atoms with van der Waals surface area (Å²) in [5.41, 5.74) is 3.40. The minimum absolute atomic E-state index is 0.149. The van der Waals surface area contributed by atoms with Crippen molar-refractivity contribution in [2.75, 3.05) is 7.05 Å². The Morgan fingerprint density at radius 2 is 1.65 bits per heavy atom. The molecule has 0 aliphatic carbocycles. The molecule has 3 nitrogen and oxygen atoms in total. The van der Waals surface area contributed by atoms with Crippen LogP contribution in [0.4, 0.5) is 0 Å². The molecule has 0 saturated heterocycles. The summed E-state index contributed by atoms with van der Waals surface area (Å²) in [6.07, 6.45) is 2.12. The lowest BCUT2D eigenvalue weighted by atomic mass is 10.00. The number of aromatic nitrogens is 1. The molecule has 0 amide bonds. The van der Waals surface area contributed by atoms with Crippen molar-refractivity contribution < 1.29 is 4.74 Å². The highest BCUT2D eigenvalue weighted by Crippen LogP contribution is 2.23. The molecule has 2 rings (SSSR count). The van der Waals surface area contributed by atoms with E-state index < -0.39 is 0 Å². The lowest BCUT2D eigenvalue weighted by Crippen LogP contribution is -2.18. The fraction of sp³-hybridized carbons (Fsp3) is 0.353. The third-order valence-corrected chi connectivity index (χ3v) is 3.14. The third-order valence-electron chi connectivity index (χ3n) is 3.14. The molecule has 0 spiro atoms. The molecular weight excluding hydrogens is 248 g/mol. The Morgan fingerprint density at radius 3 is 2.15 bits per heavy atom. The topological polar surface area (TPSA) is 34.1 Å².